The van der Waals surface area contributed by atoms with Crippen LogP contribution in [-0.2, 0) is 4.79 Å². The van der Waals surface area contributed by atoms with Gasteiger partial charge in [0, 0.05) is 6.04 Å². The largest absolute Gasteiger partial charge is 0.352 e. The number of hydrogen-bond donors (Lipinski definition) is 2. The van der Waals surface area contributed by atoms with Gasteiger partial charge in [-0.3, -0.25) is 4.79 Å². The van der Waals surface area contributed by atoms with Crippen LogP contribution in [-0.4, -0.2) is 18.0 Å². The number of nitrogens with one attached hydrogen (secondary N) is 1. The third-order valence-electron chi connectivity index (χ3n) is 4.00. The second-order valence-electron chi connectivity index (χ2n) is 5.29. The molecule has 0 heterocycles. The van der Waals surface area contributed by atoms with Gasteiger partial charge in [0.05, 0.1) is 6.04 Å². The highest BCUT2D eigenvalue weighted by molar-refractivity contribution is 5.82. The number of carbonyl (C=O) groups is 1. The maximum absolute atomic E-state index is 11.9. The quantitative estimate of drug-likeness (QED) is 0.771. The Balaban J connectivity index is 2.43. The van der Waals surface area contributed by atoms with Crippen LogP contribution in [0.25, 0.3) is 0 Å². The van der Waals surface area contributed by atoms with Gasteiger partial charge in [0.15, 0.2) is 0 Å². The third-order valence-corrected chi connectivity index (χ3v) is 4.00. The van der Waals surface area contributed by atoms with E-state index in [0.717, 1.165) is 12.8 Å². The number of nitrogens with two attached hydrogens (primary N) is 1. The van der Waals surface area contributed by atoms with Gasteiger partial charge in [-0.1, -0.05) is 40.0 Å². The van der Waals surface area contributed by atoms with E-state index in [9.17, 15) is 4.79 Å². The van der Waals surface area contributed by atoms with Gasteiger partial charge < -0.3 is 11.1 Å². The Morgan fingerprint density at radius 2 is 2.06 bits per heavy atom. The lowest BCUT2D eigenvalue weighted by Gasteiger charge is -2.31. The van der Waals surface area contributed by atoms with Crippen LogP contribution in [0.4, 0.5) is 0 Å². The molecule has 0 aromatic rings. The van der Waals surface area contributed by atoms with Gasteiger partial charge in [-0.2, -0.15) is 0 Å². The van der Waals surface area contributed by atoms with Gasteiger partial charge in [0.2, 0.25) is 5.91 Å². The molecule has 1 aliphatic rings. The van der Waals surface area contributed by atoms with E-state index in [1.807, 2.05) is 6.92 Å². The van der Waals surface area contributed by atoms with Crippen molar-refractivity contribution in [3.05, 3.63) is 0 Å². The van der Waals surface area contributed by atoms with Crippen LogP contribution >= 0.6 is 0 Å². The molecule has 0 aromatic carbocycles. The first kappa shape index (κ1) is 13.5. The highest BCUT2D eigenvalue weighted by Gasteiger charge is 2.26. The molecule has 1 fully saturated rings. The van der Waals surface area contributed by atoms with Crippen molar-refractivity contribution in [2.75, 3.05) is 0 Å². The van der Waals surface area contributed by atoms with E-state index in [0.29, 0.717) is 12.0 Å². The molecule has 0 aliphatic heterocycles. The summed E-state index contributed by atoms with van der Waals surface area (Å²) in [5.41, 5.74) is 5.92. The molecule has 1 saturated carbocycles. The van der Waals surface area contributed by atoms with Crippen molar-refractivity contribution < 1.29 is 4.79 Å². The zero-order valence-electron chi connectivity index (χ0n) is 10.8. The van der Waals surface area contributed by atoms with Crippen LogP contribution in [0, 0.1) is 11.8 Å². The first-order valence-electron chi connectivity index (χ1n) is 6.62. The first-order valence-corrected chi connectivity index (χ1v) is 6.62. The van der Waals surface area contributed by atoms with Gasteiger partial charge in [-0.05, 0) is 24.7 Å². The van der Waals surface area contributed by atoms with E-state index < -0.39 is 0 Å². The number of hydrogen-bond acceptors (Lipinski definition) is 2. The fraction of sp³-hybridized carbons (Fsp3) is 0.923. The van der Waals surface area contributed by atoms with Crippen LogP contribution < -0.4 is 11.1 Å². The average Bonchev–Trinajstić information content (AvgIpc) is 2.30. The summed E-state index contributed by atoms with van der Waals surface area (Å²) in [4.78, 5) is 11.9. The third kappa shape index (κ3) is 3.48. The molecule has 0 aromatic heterocycles. The van der Waals surface area contributed by atoms with Crippen molar-refractivity contribution in [3.63, 3.8) is 0 Å². The molecule has 4 atom stereocenters. The molecule has 2 unspecified atom stereocenters. The van der Waals surface area contributed by atoms with E-state index >= 15 is 0 Å². The van der Waals surface area contributed by atoms with Crippen LogP contribution in [0.1, 0.15) is 52.9 Å². The summed E-state index contributed by atoms with van der Waals surface area (Å²) >= 11 is 0. The summed E-state index contributed by atoms with van der Waals surface area (Å²) in [6.45, 7) is 6.33. The molecule has 3 heteroatoms. The number of carbonyl (C=O) groups excluding carboxylic acids is 1. The molecule has 1 aliphatic carbocycles. The van der Waals surface area contributed by atoms with Crippen molar-refractivity contribution in [3.8, 4) is 0 Å². The van der Waals surface area contributed by atoms with Gasteiger partial charge >= 0.3 is 0 Å². The molecule has 16 heavy (non-hydrogen) atoms. The molecule has 1 amide bonds. The smallest absolute Gasteiger partial charge is 0.237 e. The monoisotopic (exact) mass is 226 g/mol. The van der Waals surface area contributed by atoms with Gasteiger partial charge in [0.1, 0.15) is 0 Å². The SMILES string of the molecule is CC[C@H](C)[C@H](N)C(=O)NC1CCCCC1C. The van der Waals surface area contributed by atoms with Crippen LogP contribution in [0.15, 0.2) is 0 Å². The Kier molecular flexibility index (Phi) is 5.26. The van der Waals surface area contributed by atoms with Crippen molar-refractivity contribution >= 4 is 5.91 Å². The summed E-state index contributed by atoms with van der Waals surface area (Å²) in [7, 11) is 0. The van der Waals surface area contributed by atoms with Gasteiger partial charge in [-0.25, -0.2) is 0 Å². The van der Waals surface area contributed by atoms with Crippen molar-refractivity contribution in [1.29, 1.82) is 0 Å². The zero-order chi connectivity index (χ0) is 12.1. The Morgan fingerprint density at radius 3 is 2.62 bits per heavy atom. The van der Waals surface area contributed by atoms with E-state index in [1.54, 1.807) is 0 Å². The summed E-state index contributed by atoms with van der Waals surface area (Å²) in [5, 5.41) is 3.12. The second kappa shape index (κ2) is 6.24. The molecule has 3 nitrogen and oxygen atoms in total. The Bertz CT molecular complexity index is 230. The summed E-state index contributed by atoms with van der Waals surface area (Å²) in [6.07, 6.45) is 5.82. The minimum atomic E-state index is -0.348. The minimum absolute atomic E-state index is 0.0353. The first-order chi connectivity index (χ1) is 7.56. The minimum Gasteiger partial charge on any atom is -0.352 e. The van der Waals surface area contributed by atoms with Crippen molar-refractivity contribution in [1.82, 2.24) is 5.32 Å². The standard InChI is InChI=1S/C13H26N2O/c1-4-9(2)12(14)13(16)15-11-8-6-5-7-10(11)3/h9-12H,4-8,14H2,1-3H3,(H,15,16)/t9-,10?,11?,12-/m0/s1. The average molecular weight is 226 g/mol. The highest BCUT2D eigenvalue weighted by atomic mass is 16.2. The molecule has 0 radical (unpaired) electrons. The molecular formula is C13H26N2O. The summed E-state index contributed by atoms with van der Waals surface area (Å²) in [6, 6.07) is -0.00418. The van der Waals surface area contributed by atoms with Crippen LogP contribution in [0.2, 0.25) is 0 Å². The van der Waals surface area contributed by atoms with E-state index in [-0.39, 0.29) is 17.9 Å². The van der Waals surface area contributed by atoms with Crippen molar-refractivity contribution in [2.24, 2.45) is 17.6 Å². The Labute approximate surface area is 99.2 Å². The van der Waals surface area contributed by atoms with Crippen LogP contribution in [0.5, 0.6) is 0 Å². The second-order valence-corrected chi connectivity index (χ2v) is 5.29. The fourth-order valence-corrected chi connectivity index (χ4v) is 2.32. The maximum Gasteiger partial charge on any atom is 0.237 e. The fourth-order valence-electron chi connectivity index (χ4n) is 2.32. The lowest BCUT2D eigenvalue weighted by molar-refractivity contribution is -0.124. The van der Waals surface area contributed by atoms with E-state index in [1.165, 1.54) is 19.3 Å². The number of amides is 1. The Morgan fingerprint density at radius 1 is 1.44 bits per heavy atom. The highest BCUT2D eigenvalue weighted by Crippen LogP contribution is 2.23. The summed E-state index contributed by atoms with van der Waals surface area (Å²) in [5.74, 6) is 0.897. The molecular weight excluding hydrogens is 200 g/mol. The van der Waals surface area contributed by atoms with Gasteiger partial charge in [-0.15, -0.1) is 0 Å². The lowest BCUT2D eigenvalue weighted by atomic mass is 9.85. The molecule has 3 N–H and O–H groups in total. The topological polar surface area (TPSA) is 55.1 Å². The Hall–Kier alpha value is -0.570. The molecule has 1 rings (SSSR count). The van der Waals surface area contributed by atoms with Gasteiger partial charge in [0.25, 0.3) is 0 Å². The summed E-state index contributed by atoms with van der Waals surface area (Å²) < 4.78 is 0. The van der Waals surface area contributed by atoms with Crippen molar-refractivity contribution in [2.45, 2.75) is 65.0 Å². The lowest BCUT2D eigenvalue weighted by Crippen LogP contribution is -2.50. The zero-order valence-corrected chi connectivity index (χ0v) is 10.8. The molecule has 0 bridgehead atoms. The maximum atomic E-state index is 11.9. The van der Waals surface area contributed by atoms with Crippen LogP contribution in [0.3, 0.4) is 0 Å². The number of rotatable bonds is 4. The predicted octanol–water partition coefficient (Wildman–Crippen LogP) is 2.05. The van der Waals surface area contributed by atoms with E-state index in [4.69, 9.17) is 5.73 Å². The predicted molar refractivity (Wildman–Crippen MR) is 67.0 cm³/mol. The normalized spacial score (nSPS) is 29.5. The molecule has 94 valence electrons. The molecule has 0 saturated heterocycles. The van der Waals surface area contributed by atoms with E-state index in [2.05, 4.69) is 19.2 Å². The molecule has 0 spiro atoms.